The minimum absolute atomic E-state index is 0.0951. The maximum Gasteiger partial charge on any atom is 0.330 e. The van der Waals surface area contributed by atoms with E-state index in [4.69, 9.17) is 9.72 Å². The summed E-state index contributed by atoms with van der Waals surface area (Å²) in [5, 5.41) is 15.2. The standard InChI is InChI=1S/C38H40N8O4/c1-21-24(25-9-7-11-27(22(25)2)40-34-33-30(19-39-43-34)44(3)37(49)45(4)36(33)48)8-6-10-26(21)28-18-23-12-13-29(32(23)35(41-28)50-5)46-17-16-38(20-46)15-14-31(47)42-38/h6-11,18-19,29H,12-17,20H2,1-5H3,(H,40,43)(H,42,47). The summed E-state index contributed by atoms with van der Waals surface area (Å²) in [5.74, 6) is 1.12. The highest BCUT2D eigenvalue weighted by atomic mass is 16.5. The summed E-state index contributed by atoms with van der Waals surface area (Å²) in [6, 6.07) is 14.7. The Morgan fingerprint density at radius 2 is 1.72 bits per heavy atom. The molecule has 256 valence electrons. The molecule has 0 saturated carbocycles. The number of pyridine rings is 1. The lowest BCUT2D eigenvalue weighted by Crippen LogP contribution is -2.44. The largest absolute Gasteiger partial charge is 0.481 e. The average molecular weight is 673 g/mol. The van der Waals surface area contributed by atoms with Gasteiger partial charge in [0.25, 0.3) is 5.56 Å². The van der Waals surface area contributed by atoms with Crippen molar-refractivity contribution in [1.82, 2.24) is 34.5 Å². The second-order valence-electron chi connectivity index (χ2n) is 13.9. The van der Waals surface area contributed by atoms with E-state index in [1.54, 1.807) is 14.2 Å². The van der Waals surface area contributed by atoms with Gasteiger partial charge in [-0.15, -0.1) is 5.10 Å². The van der Waals surface area contributed by atoms with Crippen LogP contribution >= 0.6 is 0 Å². The third-order valence-corrected chi connectivity index (χ3v) is 11.2. The number of fused-ring (bicyclic) bond motifs is 2. The van der Waals surface area contributed by atoms with Crippen LogP contribution < -0.4 is 26.6 Å². The summed E-state index contributed by atoms with van der Waals surface area (Å²) in [6.07, 6.45) is 5.89. The van der Waals surface area contributed by atoms with E-state index in [1.165, 1.54) is 28.9 Å². The van der Waals surface area contributed by atoms with Crippen molar-refractivity contribution in [2.24, 2.45) is 14.1 Å². The highest BCUT2D eigenvalue weighted by Crippen LogP contribution is 2.46. The Kier molecular flexibility index (Phi) is 7.59. The number of aromatic nitrogens is 5. The van der Waals surface area contributed by atoms with Crippen molar-refractivity contribution in [3.05, 3.63) is 91.8 Å². The number of anilines is 2. The number of benzene rings is 2. The lowest BCUT2D eigenvalue weighted by atomic mass is 9.91. The number of aryl methyl sites for hydroxylation is 2. The minimum atomic E-state index is -0.437. The first kappa shape index (κ1) is 31.9. The molecule has 0 radical (unpaired) electrons. The molecule has 2 fully saturated rings. The van der Waals surface area contributed by atoms with Gasteiger partial charge in [-0.3, -0.25) is 23.6 Å². The number of methoxy groups -OCH3 is 1. The smallest absolute Gasteiger partial charge is 0.330 e. The van der Waals surface area contributed by atoms with Gasteiger partial charge >= 0.3 is 5.69 Å². The quantitative estimate of drug-likeness (QED) is 0.268. The Hall–Kier alpha value is -5.36. The molecule has 12 heteroatoms. The van der Waals surface area contributed by atoms with E-state index in [9.17, 15) is 14.4 Å². The number of carbonyl (C=O) groups is 1. The van der Waals surface area contributed by atoms with Crippen LogP contribution in [0.3, 0.4) is 0 Å². The van der Waals surface area contributed by atoms with E-state index in [0.717, 1.165) is 82.5 Å². The van der Waals surface area contributed by atoms with Crippen molar-refractivity contribution in [2.45, 2.75) is 57.5 Å². The molecule has 1 amide bonds. The van der Waals surface area contributed by atoms with Gasteiger partial charge in [-0.2, -0.15) is 5.10 Å². The number of rotatable bonds is 6. The fourth-order valence-corrected chi connectivity index (χ4v) is 8.40. The fourth-order valence-electron chi connectivity index (χ4n) is 8.40. The second-order valence-corrected chi connectivity index (χ2v) is 13.9. The van der Waals surface area contributed by atoms with E-state index in [0.29, 0.717) is 23.2 Å². The lowest BCUT2D eigenvalue weighted by Gasteiger charge is -2.28. The zero-order chi connectivity index (χ0) is 34.9. The van der Waals surface area contributed by atoms with Gasteiger partial charge in [0.1, 0.15) is 5.39 Å². The molecule has 2 atom stereocenters. The van der Waals surface area contributed by atoms with Crippen LogP contribution in [-0.4, -0.2) is 60.9 Å². The molecule has 5 heterocycles. The summed E-state index contributed by atoms with van der Waals surface area (Å²) in [7, 11) is 4.77. The molecule has 2 aliphatic heterocycles. The highest BCUT2D eigenvalue weighted by molar-refractivity contribution is 5.91. The molecule has 50 heavy (non-hydrogen) atoms. The molecule has 2 N–H and O–H groups in total. The van der Waals surface area contributed by atoms with Gasteiger partial charge in [0.15, 0.2) is 5.82 Å². The molecule has 3 aromatic heterocycles. The Labute approximate surface area is 289 Å². The van der Waals surface area contributed by atoms with Crippen LogP contribution in [0.4, 0.5) is 11.5 Å². The molecule has 2 aromatic carbocycles. The van der Waals surface area contributed by atoms with Gasteiger partial charge in [-0.1, -0.05) is 30.3 Å². The molecule has 12 nitrogen and oxygen atoms in total. The van der Waals surface area contributed by atoms with Crippen molar-refractivity contribution < 1.29 is 9.53 Å². The van der Waals surface area contributed by atoms with Gasteiger partial charge in [-0.25, -0.2) is 9.78 Å². The first-order valence-corrected chi connectivity index (χ1v) is 17.1. The Morgan fingerprint density at radius 3 is 2.48 bits per heavy atom. The molecule has 0 bridgehead atoms. The van der Waals surface area contributed by atoms with E-state index in [1.807, 2.05) is 19.1 Å². The molecule has 8 rings (SSSR count). The molecule has 2 unspecified atom stereocenters. The van der Waals surface area contributed by atoms with Crippen molar-refractivity contribution in [1.29, 1.82) is 0 Å². The predicted molar refractivity (Wildman–Crippen MR) is 192 cm³/mol. The summed E-state index contributed by atoms with van der Waals surface area (Å²) < 4.78 is 8.46. The highest BCUT2D eigenvalue weighted by Gasteiger charge is 2.46. The first-order valence-electron chi connectivity index (χ1n) is 17.1. The Balaban J connectivity index is 1.13. The van der Waals surface area contributed by atoms with Crippen LogP contribution in [0.2, 0.25) is 0 Å². The number of ether oxygens (including phenoxy) is 1. The minimum Gasteiger partial charge on any atom is -0.481 e. The summed E-state index contributed by atoms with van der Waals surface area (Å²) in [6.45, 7) is 5.97. The van der Waals surface area contributed by atoms with Gasteiger partial charge in [0, 0.05) is 56.5 Å². The zero-order valence-corrected chi connectivity index (χ0v) is 29.0. The summed E-state index contributed by atoms with van der Waals surface area (Å²) in [5.41, 5.74) is 8.71. The van der Waals surface area contributed by atoms with Crippen LogP contribution in [-0.2, 0) is 25.3 Å². The average Bonchev–Trinajstić information content (AvgIpc) is 3.84. The number of carbonyl (C=O) groups excluding carboxylic acids is 1. The van der Waals surface area contributed by atoms with Crippen molar-refractivity contribution >= 4 is 28.3 Å². The number of nitrogens with one attached hydrogen (secondary N) is 2. The molecule has 1 aliphatic carbocycles. The van der Waals surface area contributed by atoms with Crippen LogP contribution in [0, 0.1) is 13.8 Å². The second kappa shape index (κ2) is 11.9. The number of hydrogen-bond acceptors (Lipinski definition) is 9. The van der Waals surface area contributed by atoms with Crippen LogP contribution in [0.15, 0.2) is 58.3 Å². The summed E-state index contributed by atoms with van der Waals surface area (Å²) >= 11 is 0. The van der Waals surface area contributed by atoms with E-state index in [2.05, 4.69) is 63.0 Å². The molecule has 1 spiro atoms. The predicted octanol–water partition coefficient (Wildman–Crippen LogP) is 4.47. The van der Waals surface area contributed by atoms with Gasteiger partial charge in [0.05, 0.1) is 30.1 Å². The Bertz CT molecular complexity index is 2350. The zero-order valence-electron chi connectivity index (χ0n) is 29.0. The van der Waals surface area contributed by atoms with Crippen LogP contribution in [0.5, 0.6) is 5.88 Å². The third kappa shape index (κ3) is 5.00. The number of hydrogen-bond donors (Lipinski definition) is 2. The topological polar surface area (TPSA) is 136 Å². The molecular weight excluding hydrogens is 632 g/mol. The monoisotopic (exact) mass is 672 g/mol. The Morgan fingerprint density at radius 1 is 0.960 bits per heavy atom. The van der Waals surface area contributed by atoms with E-state index < -0.39 is 11.2 Å². The maximum absolute atomic E-state index is 13.2. The molecule has 5 aromatic rings. The van der Waals surface area contributed by atoms with Crippen molar-refractivity contribution in [3.63, 3.8) is 0 Å². The third-order valence-electron chi connectivity index (χ3n) is 11.2. The van der Waals surface area contributed by atoms with E-state index >= 15 is 0 Å². The SMILES string of the molecule is COc1nc(-c2cccc(-c3cccc(Nc4nncc5c4c(=O)n(C)c(=O)n5C)c3C)c2C)cc2c1C(N1CCC3(CCC(=O)N3)C1)CC2. The normalized spacial score (nSPS) is 20.1. The van der Waals surface area contributed by atoms with Gasteiger partial charge in [-0.05, 0) is 79.5 Å². The molecule has 3 aliphatic rings. The first-order chi connectivity index (χ1) is 24.1. The lowest BCUT2D eigenvalue weighted by molar-refractivity contribution is -0.119. The van der Waals surface area contributed by atoms with Crippen LogP contribution in [0.25, 0.3) is 33.3 Å². The molecular formula is C38H40N8O4. The van der Waals surface area contributed by atoms with Crippen LogP contribution in [0.1, 0.15) is 54.0 Å². The molecule has 2 saturated heterocycles. The maximum atomic E-state index is 13.2. The van der Waals surface area contributed by atoms with E-state index in [-0.39, 0.29) is 23.3 Å². The number of nitrogens with zero attached hydrogens (tertiary/aromatic N) is 6. The number of likely N-dealkylation sites (tertiary alicyclic amines) is 1. The van der Waals surface area contributed by atoms with Gasteiger partial charge in [0.2, 0.25) is 11.8 Å². The fraction of sp³-hybridized carbons (Fsp3) is 0.368. The van der Waals surface area contributed by atoms with Crippen molar-refractivity contribution in [3.8, 4) is 28.3 Å². The summed E-state index contributed by atoms with van der Waals surface area (Å²) in [4.78, 5) is 45.4. The number of amides is 1. The van der Waals surface area contributed by atoms with Gasteiger partial charge < -0.3 is 15.4 Å². The van der Waals surface area contributed by atoms with Crippen molar-refractivity contribution in [2.75, 3.05) is 25.5 Å².